The topological polar surface area (TPSA) is 123 Å². The van der Waals surface area contributed by atoms with Crippen LogP contribution in [0.4, 0.5) is 5.69 Å². The van der Waals surface area contributed by atoms with Crippen molar-refractivity contribution in [3.05, 3.63) is 118 Å². The van der Waals surface area contributed by atoms with Crippen LogP contribution in [0.2, 0.25) is 0 Å². The number of anilines is 1. The average molecular weight is 613 g/mol. The van der Waals surface area contributed by atoms with Crippen molar-refractivity contribution >= 4 is 29.9 Å². The van der Waals surface area contributed by atoms with Crippen molar-refractivity contribution in [2.45, 2.75) is 45.6 Å². The number of carbonyl (C=O) groups is 1. The molecule has 0 saturated heterocycles. The maximum Gasteiger partial charge on any atom is 0.338 e. The van der Waals surface area contributed by atoms with Crippen LogP contribution in [0.5, 0.6) is 0 Å². The van der Waals surface area contributed by atoms with E-state index in [0.717, 1.165) is 43.6 Å². The molecule has 8 nitrogen and oxygen atoms in total. The number of nitrogens with zero attached hydrogens (tertiary/aromatic N) is 4. The Labute approximate surface area is 270 Å². The Morgan fingerprint density at radius 2 is 1.54 bits per heavy atom. The van der Waals surface area contributed by atoms with E-state index in [1.54, 1.807) is 50.3 Å². The molecule has 2 aromatic carbocycles. The number of ether oxygens (including phenoxy) is 2. The highest BCUT2D eigenvalue weighted by atomic mass is 16.5. The van der Waals surface area contributed by atoms with E-state index in [2.05, 4.69) is 42.2 Å². The second-order valence-corrected chi connectivity index (χ2v) is 11.1. The lowest BCUT2D eigenvalue weighted by atomic mass is 9.94. The summed E-state index contributed by atoms with van der Waals surface area (Å²) in [5, 5.41) is 28.2. The van der Waals surface area contributed by atoms with Gasteiger partial charge in [-0.25, -0.2) is 4.79 Å². The van der Waals surface area contributed by atoms with Gasteiger partial charge in [0.05, 0.1) is 12.2 Å². The Balaban J connectivity index is 1.29. The first-order valence-electron chi connectivity index (χ1n) is 15.2. The highest BCUT2D eigenvalue weighted by molar-refractivity contribution is 5.89. The molecule has 1 aliphatic rings. The van der Waals surface area contributed by atoms with Crippen molar-refractivity contribution in [2.24, 2.45) is 0 Å². The minimum atomic E-state index is -0.885. The number of unbranched alkanes of at least 4 members (excludes halogenated alkanes) is 2. The van der Waals surface area contributed by atoms with Crippen LogP contribution in [-0.4, -0.2) is 31.3 Å². The predicted molar refractivity (Wildman–Crippen MR) is 178 cm³/mol. The summed E-state index contributed by atoms with van der Waals surface area (Å²) in [6, 6.07) is 26.8. The zero-order valence-electron chi connectivity index (χ0n) is 26.3. The molecular weight excluding hydrogens is 576 g/mol. The van der Waals surface area contributed by atoms with E-state index in [1.807, 2.05) is 42.5 Å². The van der Waals surface area contributed by atoms with E-state index >= 15 is 0 Å². The van der Waals surface area contributed by atoms with Crippen LogP contribution in [0.1, 0.15) is 67.5 Å². The van der Waals surface area contributed by atoms with Crippen molar-refractivity contribution < 1.29 is 18.7 Å². The Hall–Kier alpha value is -5.78. The van der Waals surface area contributed by atoms with Gasteiger partial charge in [-0.1, -0.05) is 36.4 Å². The third-order valence-corrected chi connectivity index (χ3v) is 7.52. The van der Waals surface area contributed by atoms with Crippen LogP contribution in [0.15, 0.2) is 99.7 Å². The molecule has 0 atom stereocenters. The van der Waals surface area contributed by atoms with E-state index in [-0.39, 0.29) is 22.9 Å². The molecule has 232 valence electrons. The average Bonchev–Trinajstić information content (AvgIpc) is 3.63. The standard InChI is InChI=1S/C38H36N4O4/c1-4-42(23-9-6-10-24-44-37(43)29-11-7-5-8-12-29)31-16-13-28(14-17-31)15-18-32-19-20-33(45-32)21-22-35-34(27-41)36(30(25-39)26-40)46-38(35,2)3/h5,7-8,11-22H,4,6,9-10,23-24H2,1-3H3/b18-15+,22-21+. The van der Waals surface area contributed by atoms with Crippen molar-refractivity contribution in [2.75, 3.05) is 24.6 Å². The van der Waals surface area contributed by atoms with E-state index in [1.165, 1.54) is 0 Å². The fourth-order valence-corrected chi connectivity index (χ4v) is 5.04. The van der Waals surface area contributed by atoms with Gasteiger partial charge in [0.2, 0.25) is 0 Å². The first-order valence-corrected chi connectivity index (χ1v) is 15.2. The van der Waals surface area contributed by atoms with Gasteiger partial charge in [0, 0.05) is 24.4 Å². The third-order valence-electron chi connectivity index (χ3n) is 7.52. The van der Waals surface area contributed by atoms with E-state index < -0.39 is 5.60 Å². The number of allylic oxidation sites excluding steroid dienone is 2. The number of furan rings is 1. The minimum absolute atomic E-state index is 0.00675. The number of carbonyl (C=O) groups excluding carboxylic acids is 1. The van der Waals surface area contributed by atoms with Gasteiger partial charge in [-0.15, -0.1) is 0 Å². The molecule has 4 rings (SSSR count). The van der Waals surface area contributed by atoms with E-state index in [4.69, 9.17) is 13.9 Å². The molecule has 3 aromatic rings. The number of benzene rings is 2. The van der Waals surface area contributed by atoms with Crippen LogP contribution in [0.25, 0.3) is 18.2 Å². The molecule has 0 radical (unpaired) electrons. The first-order chi connectivity index (χ1) is 22.3. The lowest BCUT2D eigenvalue weighted by molar-refractivity contribution is 0.0498. The summed E-state index contributed by atoms with van der Waals surface area (Å²) < 4.78 is 17.1. The Morgan fingerprint density at radius 1 is 0.870 bits per heavy atom. The fraction of sp³-hybridized carbons (Fsp3) is 0.263. The Kier molecular flexibility index (Phi) is 11.4. The molecule has 8 heteroatoms. The van der Waals surface area contributed by atoms with Crippen molar-refractivity contribution in [3.63, 3.8) is 0 Å². The summed E-state index contributed by atoms with van der Waals surface area (Å²) in [4.78, 5) is 14.4. The van der Waals surface area contributed by atoms with Crippen molar-refractivity contribution in [1.29, 1.82) is 15.8 Å². The second-order valence-electron chi connectivity index (χ2n) is 11.1. The molecule has 0 amide bonds. The third kappa shape index (κ3) is 8.44. The van der Waals surface area contributed by atoms with Gasteiger partial charge in [0.1, 0.15) is 40.9 Å². The summed E-state index contributed by atoms with van der Waals surface area (Å²) in [6.45, 7) is 7.94. The van der Waals surface area contributed by atoms with Crippen molar-refractivity contribution in [3.8, 4) is 18.2 Å². The van der Waals surface area contributed by atoms with Crippen LogP contribution in [0, 0.1) is 34.0 Å². The van der Waals surface area contributed by atoms with Crippen LogP contribution in [-0.2, 0) is 9.47 Å². The molecule has 0 bridgehead atoms. The Bertz CT molecular complexity index is 1760. The second kappa shape index (κ2) is 15.8. The quantitative estimate of drug-likeness (QED) is 0.107. The van der Waals surface area contributed by atoms with Gasteiger partial charge >= 0.3 is 5.97 Å². The molecule has 2 heterocycles. The summed E-state index contributed by atoms with van der Waals surface area (Å²) >= 11 is 0. The Morgan fingerprint density at radius 3 is 2.17 bits per heavy atom. The molecule has 46 heavy (non-hydrogen) atoms. The van der Waals surface area contributed by atoms with Gasteiger partial charge < -0.3 is 18.8 Å². The SMILES string of the molecule is CCN(CCCCCOC(=O)c1ccccc1)c1ccc(/C=C/c2ccc(/C=C/C3=C(C#N)C(=C(C#N)C#N)OC3(C)C)o2)cc1. The molecule has 1 aromatic heterocycles. The van der Waals surface area contributed by atoms with E-state index in [0.29, 0.717) is 29.3 Å². The minimum Gasteiger partial charge on any atom is -0.480 e. The molecular formula is C38H36N4O4. The highest BCUT2D eigenvalue weighted by Gasteiger charge is 2.38. The smallest absolute Gasteiger partial charge is 0.338 e. The predicted octanol–water partition coefficient (Wildman–Crippen LogP) is 8.25. The summed E-state index contributed by atoms with van der Waals surface area (Å²) in [7, 11) is 0. The maximum absolute atomic E-state index is 12.1. The van der Waals surface area contributed by atoms with Gasteiger partial charge in [-0.2, -0.15) is 15.8 Å². The summed E-state index contributed by atoms with van der Waals surface area (Å²) in [5.41, 5.74) is 2.38. The normalized spacial score (nSPS) is 13.7. The van der Waals surface area contributed by atoms with Crippen molar-refractivity contribution in [1.82, 2.24) is 0 Å². The summed E-state index contributed by atoms with van der Waals surface area (Å²) in [5.74, 6) is 0.985. The number of rotatable bonds is 13. The lowest BCUT2D eigenvalue weighted by Crippen LogP contribution is -2.23. The molecule has 0 spiro atoms. The highest BCUT2D eigenvalue weighted by Crippen LogP contribution is 2.40. The summed E-state index contributed by atoms with van der Waals surface area (Å²) in [6.07, 6.45) is 10.2. The lowest BCUT2D eigenvalue weighted by Gasteiger charge is -2.23. The van der Waals surface area contributed by atoms with Gasteiger partial charge in [-0.3, -0.25) is 0 Å². The molecule has 0 fully saturated rings. The van der Waals surface area contributed by atoms with Gasteiger partial charge in [0.15, 0.2) is 11.3 Å². The van der Waals surface area contributed by atoms with Gasteiger partial charge in [0.25, 0.3) is 0 Å². The van der Waals surface area contributed by atoms with Crippen LogP contribution in [0.3, 0.4) is 0 Å². The zero-order chi connectivity index (χ0) is 32.9. The fourth-order valence-electron chi connectivity index (χ4n) is 5.04. The number of hydrogen-bond acceptors (Lipinski definition) is 8. The molecule has 0 aliphatic carbocycles. The molecule has 1 aliphatic heterocycles. The number of nitriles is 3. The number of hydrogen-bond donors (Lipinski definition) is 0. The van der Waals surface area contributed by atoms with Crippen LogP contribution < -0.4 is 4.90 Å². The maximum atomic E-state index is 12.1. The molecule has 0 unspecified atom stereocenters. The molecule has 0 saturated carbocycles. The largest absolute Gasteiger partial charge is 0.480 e. The number of esters is 1. The van der Waals surface area contributed by atoms with Gasteiger partial charge in [-0.05, 0) is 100 Å². The zero-order valence-corrected chi connectivity index (χ0v) is 26.3. The van der Waals surface area contributed by atoms with E-state index in [9.17, 15) is 20.6 Å². The first kappa shape index (κ1) is 33.1. The van der Waals surface area contributed by atoms with Crippen LogP contribution >= 0.6 is 0 Å². The monoisotopic (exact) mass is 612 g/mol. The molecule has 0 N–H and O–H groups in total.